The molecule has 142 valence electrons. The smallest absolute Gasteiger partial charge is 0.261 e. The van der Waals surface area contributed by atoms with Gasteiger partial charge in [-0.15, -0.1) is 0 Å². The van der Waals surface area contributed by atoms with Crippen molar-refractivity contribution in [3.05, 3.63) is 63.3 Å². The summed E-state index contributed by atoms with van der Waals surface area (Å²) in [4.78, 5) is 32.3. The fraction of sp³-hybridized carbons (Fsp3) is 0.350. The molecule has 1 aromatic carbocycles. The summed E-state index contributed by atoms with van der Waals surface area (Å²) in [5.41, 5.74) is 2.96. The number of pyridine rings is 1. The zero-order valence-electron chi connectivity index (χ0n) is 16.0. The van der Waals surface area contributed by atoms with Crippen LogP contribution in [0.3, 0.4) is 0 Å². The highest BCUT2D eigenvalue weighted by molar-refractivity contribution is 5.95. The van der Waals surface area contributed by atoms with E-state index in [0.717, 1.165) is 22.6 Å². The van der Waals surface area contributed by atoms with Crippen molar-refractivity contribution in [1.82, 2.24) is 19.9 Å². The third kappa shape index (κ3) is 3.78. The van der Waals surface area contributed by atoms with Gasteiger partial charge in [-0.25, -0.2) is 4.98 Å². The first-order valence-corrected chi connectivity index (χ1v) is 8.88. The number of fused-ring (bicyclic) bond motifs is 1. The summed E-state index contributed by atoms with van der Waals surface area (Å²) in [6, 6.07) is 9.22. The molecule has 0 aliphatic carbocycles. The van der Waals surface area contributed by atoms with Crippen LogP contribution in [-0.4, -0.2) is 34.2 Å². The average molecular weight is 368 g/mol. The Labute approximate surface area is 157 Å². The summed E-state index contributed by atoms with van der Waals surface area (Å²) >= 11 is 0. The summed E-state index contributed by atoms with van der Waals surface area (Å²) in [6.45, 7) is 6.56. The van der Waals surface area contributed by atoms with Crippen molar-refractivity contribution < 1.29 is 9.53 Å². The lowest BCUT2D eigenvalue weighted by Gasteiger charge is -2.16. The molecule has 27 heavy (non-hydrogen) atoms. The van der Waals surface area contributed by atoms with Crippen molar-refractivity contribution >= 4 is 16.9 Å². The van der Waals surface area contributed by atoms with Crippen LogP contribution in [-0.2, 0) is 11.3 Å². The van der Waals surface area contributed by atoms with Gasteiger partial charge in [0.25, 0.3) is 11.5 Å². The molecular weight excluding hydrogens is 344 g/mol. The Morgan fingerprint density at radius 3 is 2.78 bits per heavy atom. The van der Waals surface area contributed by atoms with Crippen LogP contribution in [0.4, 0.5) is 0 Å². The van der Waals surface area contributed by atoms with Crippen LogP contribution in [0.1, 0.15) is 40.4 Å². The number of hydrogen-bond acceptors (Lipinski definition) is 4. The van der Waals surface area contributed by atoms with Crippen LogP contribution < -0.4 is 10.9 Å². The number of methoxy groups -OCH3 is 1. The van der Waals surface area contributed by atoms with Gasteiger partial charge in [0.1, 0.15) is 11.4 Å². The van der Waals surface area contributed by atoms with Crippen LogP contribution in [0, 0.1) is 13.8 Å². The van der Waals surface area contributed by atoms with Crippen LogP contribution in [0.5, 0.6) is 0 Å². The molecule has 7 nitrogen and oxygen atoms in total. The molecule has 2 aromatic heterocycles. The van der Waals surface area contributed by atoms with E-state index in [4.69, 9.17) is 4.74 Å². The molecule has 0 bridgehead atoms. The van der Waals surface area contributed by atoms with Crippen molar-refractivity contribution in [2.75, 3.05) is 13.7 Å². The maximum absolute atomic E-state index is 12.7. The first-order valence-electron chi connectivity index (χ1n) is 8.88. The van der Waals surface area contributed by atoms with E-state index in [1.54, 1.807) is 27.0 Å². The molecule has 3 rings (SSSR count). The van der Waals surface area contributed by atoms with Crippen LogP contribution in [0.15, 0.2) is 35.1 Å². The second-order valence-corrected chi connectivity index (χ2v) is 6.64. The Hall–Kier alpha value is -2.93. The van der Waals surface area contributed by atoms with Crippen molar-refractivity contribution in [2.24, 2.45) is 0 Å². The number of imidazole rings is 1. The zero-order chi connectivity index (χ0) is 19.6. The van der Waals surface area contributed by atoms with Gasteiger partial charge in [-0.1, -0.05) is 12.1 Å². The number of aromatic nitrogens is 3. The van der Waals surface area contributed by atoms with E-state index in [2.05, 4.69) is 15.3 Å². The second kappa shape index (κ2) is 7.75. The second-order valence-electron chi connectivity index (χ2n) is 6.64. The number of amides is 1. The van der Waals surface area contributed by atoms with Gasteiger partial charge in [0, 0.05) is 19.3 Å². The quantitative estimate of drug-likeness (QED) is 0.699. The molecule has 1 amide bonds. The fourth-order valence-corrected chi connectivity index (χ4v) is 3.31. The van der Waals surface area contributed by atoms with Crippen LogP contribution in [0.2, 0.25) is 0 Å². The van der Waals surface area contributed by atoms with E-state index in [0.29, 0.717) is 18.7 Å². The standard InChI is InChI=1S/C20H24N4O3/c1-12-11-13(2)21-19(25)17(12)20(26)22-14(3)18-23-15-7-5-6-8-16(15)24(18)9-10-27-4/h5-8,11,14H,9-10H2,1-4H3,(H,21,25)(H,22,26)/t14-/m1/s1. The SMILES string of the molecule is COCCn1c([C@@H](C)NC(=O)c2c(C)cc(C)[nH]c2=O)nc2ccccc21. The molecular formula is C20H24N4O3. The zero-order valence-corrected chi connectivity index (χ0v) is 16.0. The molecule has 7 heteroatoms. The number of ether oxygens (including phenoxy) is 1. The number of para-hydroxylation sites is 2. The van der Waals surface area contributed by atoms with Crippen molar-refractivity contribution in [3.8, 4) is 0 Å². The summed E-state index contributed by atoms with van der Waals surface area (Å²) in [7, 11) is 1.65. The Bertz CT molecular complexity index is 1040. The summed E-state index contributed by atoms with van der Waals surface area (Å²) in [5, 5.41) is 2.91. The lowest BCUT2D eigenvalue weighted by molar-refractivity contribution is 0.0935. The van der Waals surface area contributed by atoms with Gasteiger partial charge in [-0.2, -0.15) is 0 Å². The van der Waals surface area contributed by atoms with Gasteiger partial charge in [0.2, 0.25) is 0 Å². The summed E-state index contributed by atoms with van der Waals surface area (Å²) in [6.07, 6.45) is 0. The Balaban J connectivity index is 1.93. The lowest BCUT2D eigenvalue weighted by atomic mass is 10.1. The number of hydrogen-bond donors (Lipinski definition) is 2. The average Bonchev–Trinajstić information content (AvgIpc) is 2.97. The Morgan fingerprint density at radius 2 is 2.07 bits per heavy atom. The molecule has 0 aliphatic heterocycles. The first-order chi connectivity index (χ1) is 12.9. The molecule has 2 N–H and O–H groups in total. The van der Waals surface area contributed by atoms with Gasteiger partial charge in [0.05, 0.1) is 23.7 Å². The minimum Gasteiger partial charge on any atom is -0.383 e. The third-order valence-electron chi connectivity index (χ3n) is 4.53. The van der Waals surface area contributed by atoms with Crippen LogP contribution >= 0.6 is 0 Å². The molecule has 0 unspecified atom stereocenters. The molecule has 2 heterocycles. The van der Waals surface area contributed by atoms with Crippen molar-refractivity contribution in [2.45, 2.75) is 33.4 Å². The highest BCUT2D eigenvalue weighted by Gasteiger charge is 2.21. The normalized spacial score (nSPS) is 12.3. The molecule has 0 fully saturated rings. The highest BCUT2D eigenvalue weighted by atomic mass is 16.5. The number of benzene rings is 1. The number of rotatable bonds is 6. The summed E-state index contributed by atoms with van der Waals surface area (Å²) < 4.78 is 7.25. The predicted octanol–water partition coefficient (Wildman–Crippen LogP) is 2.48. The highest BCUT2D eigenvalue weighted by Crippen LogP contribution is 2.21. The molecule has 0 spiro atoms. The third-order valence-corrected chi connectivity index (χ3v) is 4.53. The van der Waals surface area contributed by atoms with Gasteiger partial charge in [-0.3, -0.25) is 9.59 Å². The number of aryl methyl sites for hydroxylation is 2. The topological polar surface area (TPSA) is 89.0 Å². The van der Waals surface area contributed by atoms with Crippen molar-refractivity contribution in [3.63, 3.8) is 0 Å². The maximum Gasteiger partial charge on any atom is 0.261 e. The molecule has 1 atom stereocenters. The minimum atomic E-state index is -0.411. The summed E-state index contributed by atoms with van der Waals surface area (Å²) in [5.74, 6) is 0.314. The molecule has 0 radical (unpaired) electrons. The number of aromatic amines is 1. The fourth-order valence-electron chi connectivity index (χ4n) is 3.31. The monoisotopic (exact) mass is 368 g/mol. The Kier molecular flexibility index (Phi) is 5.41. The first kappa shape index (κ1) is 18.8. The molecule has 3 aromatic rings. The van der Waals surface area contributed by atoms with E-state index in [-0.39, 0.29) is 17.2 Å². The molecule has 0 saturated heterocycles. The number of carbonyl (C=O) groups is 1. The molecule has 0 aliphatic rings. The van der Waals surface area contributed by atoms with E-state index >= 15 is 0 Å². The van der Waals surface area contributed by atoms with Crippen LogP contribution in [0.25, 0.3) is 11.0 Å². The largest absolute Gasteiger partial charge is 0.383 e. The van der Waals surface area contributed by atoms with Gasteiger partial charge >= 0.3 is 0 Å². The van der Waals surface area contributed by atoms with Gasteiger partial charge in [-0.05, 0) is 44.5 Å². The van der Waals surface area contributed by atoms with E-state index in [9.17, 15) is 9.59 Å². The Morgan fingerprint density at radius 1 is 1.33 bits per heavy atom. The molecule has 0 saturated carbocycles. The van der Waals surface area contributed by atoms with Crippen molar-refractivity contribution in [1.29, 1.82) is 0 Å². The number of H-pyrrole nitrogens is 1. The minimum absolute atomic E-state index is 0.131. The maximum atomic E-state index is 12.7. The van der Waals surface area contributed by atoms with E-state index in [1.807, 2.05) is 35.8 Å². The lowest BCUT2D eigenvalue weighted by Crippen LogP contribution is -2.34. The number of nitrogens with zero attached hydrogens (tertiary/aromatic N) is 2. The number of nitrogens with one attached hydrogen (secondary N) is 2. The van der Waals surface area contributed by atoms with Gasteiger partial charge < -0.3 is 19.6 Å². The van der Waals surface area contributed by atoms with Gasteiger partial charge in [0.15, 0.2) is 0 Å². The predicted molar refractivity (Wildman–Crippen MR) is 104 cm³/mol. The van der Waals surface area contributed by atoms with E-state index < -0.39 is 5.91 Å². The van der Waals surface area contributed by atoms with E-state index in [1.165, 1.54) is 0 Å². The number of carbonyl (C=O) groups excluding carboxylic acids is 1.